The van der Waals surface area contributed by atoms with Crippen molar-refractivity contribution < 1.29 is 0 Å². The molecule has 0 amide bonds. The van der Waals surface area contributed by atoms with Crippen LogP contribution in [0.4, 0.5) is 5.82 Å². The lowest BCUT2D eigenvalue weighted by Gasteiger charge is -2.26. The van der Waals surface area contributed by atoms with Gasteiger partial charge in [0, 0.05) is 30.9 Å². The minimum absolute atomic E-state index is 0.793. The van der Waals surface area contributed by atoms with Crippen LogP contribution in [0, 0.1) is 12.8 Å². The highest BCUT2D eigenvalue weighted by atomic mass is 15.2. The van der Waals surface area contributed by atoms with Crippen molar-refractivity contribution in [3.05, 3.63) is 17.6 Å². The Kier molecular flexibility index (Phi) is 3.20. The average Bonchev–Trinajstić information content (AvgIpc) is 2.90. The molecule has 1 N–H and O–H groups in total. The van der Waals surface area contributed by atoms with Crippen LogP contribution >= 0.6 is 0 Å². The van der Waals surface area contributed by atoms with Crippen LogP contribution in [0.25, 0.3) is 0 Å². The molecule has 4 heteroatoms. The summed E-state index contributed by atoms with van der Waals surface area (Å²) in [6.07, 6.45) is 4.20. The monoisotopic (exact) mass is 246 g/mol. The highest BCUT2D eigenvalue weighted by Crippen LogP contribution is 2.37. The van der Waals surface area contributed by atoms with Crippen LogP contribution in [0.15, 0.2) is 6.07 Å². The molecule has 2 bridgehead atoms. The minimum Gasteiger partial charge on any atom is -0.370 e. The van der Waals surface area contributed by atoms with Gasteiger partial charge in [0.2, 0.25) is 0 Å². The Bertz CT molecular complexity index is 432. The molecule has 0 radical (unpaired) electrons. The zero-order chi connectivity index (χ0) is 12.5. The van der Waals surface area contributed by atoms with Gasteiger partial charge in [-0.1, -0.05) is 0 Å². The molecule has 1 aromatic rings. The molecule has 1 aromatic heterocycles. The molecule has 1 aliphatic carbocycles. The third-order valence-corrected chi connectivity index (χ3v) is 4.13. The topological polar surface area (TPSA) is 41.1 Å². The lowest BCUT2D eigenvalue weighted by atomic mass is 10.1. The molecule has 2 atom stereocenters. The van der Waals surface area contributed by atoms with Gasteiger partial charge in [-0.25, -0.2) is 9.97 Å². The van der Waals surface area contributed by atoms with Crippen LogP contribution < -0.4 is 5.32 Å². The van der Waals surface area contributed by atoms with Crippen LogP contribution in [0.2, 0.25) is 0 Å². The third-order valence-electron chi connectivity index (χ3n) is 4.13. The predicted octanol–water partition coefficient (Wildman–Crippen LogP) is 2.20. The molecule has 1 saturated carbocycles. The Balaban J connectivity index is 1.72. The zero-order valence-corrected chi connectivity index (χ0v) is 11.3. The molecule has 3 rings (SSSR count). The fraction of sp³-hybridized carbons (Fsp3) is 0.714. The summed E-state index contributed by atoms with van der Waals surface area (Å²) in [5, 5.41) is 3.28. The number of nitrogens with one attached hydrogen (secondary N) is 1. The summed E-state index contributed by atoms with van der Waals surface area (Å²) in [5.74, 6) is 2.87. The summed E-state index contributed by atoms with van der Waals surface area (Å²) < 4.78 is 0. The van der Waals surface area contributed by atoms with Crippen molar-refractivity contribution >= 4 is 5.82 Å². The Morgan fingerprint density at radius 3 is 2.94 bits per heavy atom. The molecular weight excluding hydrogens is 224 g/mol. The number of likely N-dealkylation sites (tertiary alicyclic amines) is 1. The number of aromatic nitrogens is 2. The maximum Gasteiger partial charge on any atom is 0.144 e. The van der Waals surface area contributed by atoms with Gasteiger partial charge in [0.05, 0.1) is 6.54 Å². The quantitative estimate of drug-likeness (QED) is 0.884. The van der Waals surface area contributed by atoms with Crippen LogP contribution in [-0.4, -0.2) is 34.0 Å². The third kappa shape index (κ3) is 2.34. The number of hydrogen-bond donors (Lipinski definition) is 1. The molecule has 98 valence electrons. The van der Waals surface area contributed by atoms with Crippen molar-refractivity contribution in [1.29, 1.82) is 0 Å². The highest BCUT2D eigenvalue weighted by Gasteiger charge is 2.37. The Labute approximate surface area is 109 Å². The van der Waals surface area contributed by atoms with E-state index in [4.69, 9.17) is 0 Å². The second-order valence-corrected chi connectivity index (χ2v) is 5.60. The van der Waals surface area contributed by atoms with Gasteiger partial charge in [0.15, 0.2) is 0 Å². The summed E-state index contributed by atoms with van der Waals surface area (Å²) in [5.41, 5.74) is 1.06. The molecule has 1 saturated heterocycles. The molecule has 2 heterocycles. The molecule has 2 fully saturated rings. The molecule has 18 heavy (non-hydrogen) atoms. The van der Waals surface area contributed by atoms with E-state index in [0.717, 1.165) is 42.4 Å². The fourth-order valence-electron chi connectivity index (χ4n) is 3.37. The Morgan fingerprint density at radius 1 is 1.39 bits per heavy atom. The highest BCUT2D eigenvalue weighted by molar-refractivity contribution is 5.35. The number of rotatable bonds is 4. The molecule has 4 nitrogen and oxygen atoms in total. The average molecular weight is 246 g/mol. The van der Waals surface area contributed by atoms with Gasteiger partial charge in [-0.3, -0.25) is 4.90 Å². The Morgan fingerprint density at radius 2 is 2.28 bits per heavy atom. The molecule has 0 spiro atoms. The van der Waals surface area contributed by atoms with E-state index in [0.29, 0.717) is 0 Å². The van der Waals surface area contributed by atoms with Crippen LogP contribution in [0.5, 0.6) is 0 Å². The number of hydrogen-bond acceptors (Lipinski definition) is 4. The molecule has 0 aromatic carbocycles. The van der Waals surface area contributed by atoms with Gasteiger partial charge in [-0.2, -0.15) is 0 Å². The van der Waals surface area contributed by atoms with Crippen LogP contribution in [-0.2, 0) is 6.54 Å². The van der Waals surface area contributed by atoms with E-state index in [1.54, 1.807) is 0 Å². The first-order valence-corrected chi connectivity index (χ1v) is 7.07. The van der Waals surface area contributed by atoms with E-state index in [1.807, 2.05) is 13.0 Å². The number of piperidine rings is 1. The second-order valence-electron chi connectivity index (χ2n) is 5.60. The van der Waals surface area contributed by atoms with Crippen molar-refractivity contribution in [3.63, 3.8) is 0 Å². The van der Waals surface area contributed by atoms with E-state index >= 15 is 0 Å². The van der Waals surface area contributed by atoms with Crippen molar-refractivity contribution in [2.75, 3.05) is 18.4 Å². The Hall–Kier alpha value is -1.16. The first-order valence-electron chi connectivity index (χ1n) is 7.07. The lowest BCUT2D eigenvalue weighted by Crippen LogP contribution is -2.32. The maximum absolute atomic E-state index is 4.61. The minimum atomic E-state index is 0.793. The fourth-order valence-corrected chi connectivity index (χ4v) is 3.37. The van der Waals surface area contributed by atoms with E-state index < -0.39 is 0 Å². The standard InChI is InChI=1S/C14H22N4/c1-3-15-13-6-10(2)16-14(17-13)9-18-8-11-4-5-12(18)7-11/h6,11-12H,3-5,7-9H2,1-2H3,(H,15,16,17). The normalized spacial score (nSPS) is 26.8. The number of aryl methyl sites for hydroxylation is 1. The first-order chi connectivity index (χ1) is 8.74. The van der Waals surface area contributed by atoms with Gasteiger partial charge in [0.25, 0.3) is 0 Å². The van der Waals surface area contributed by atoms with Gasteiger partial charge < -0.3 is 5.32 Å². The van der Waals surface area contributed by atoms with Crippen LogP contribution in [0.1, 0.15) is 37.7 Å². The van der Waals surface area contributed by atoms with Gasteiger partial charge in [0.1, 0.15) is 11.6 Å². The maximum atomic E-state index is 4.61. The summed E-state index contributed by atoms with van der Waals surface area (Å²) in [7, 11) is 0. The number of nitrogens with zero attached hydrogens (tertiary/aromatic N) is 3. The molecule has 2 unspecified atom stereocenters. The van der Waals surface area contributed by atoms with Crippen molar-refractivity contribution in [2.45, 2.75) is 45.7 Å². The molecule has 2 aliphatic rings. The van der Waals surface area contributed by atoms with Gasteiger partial charge >= 0.3 is 0 Å². The second kappa shape index (κ2) is 4.84. The van der Waals surface area contributed by atoms with E-state index in [9.17, 15) is 0 Å². The van der Waals surface area contributed by atoms with Gasteiger partial charge in [-0.05, 0) is 39.0 Å². The van der Waals surface area contributed by atoms with Gasteiger partial charge in [-0.15, -0.1) is 0 Å². The van der Waals surface area contributed by atoms with Crippen molar-refractivity contribution in [2.24, 2.45) is 5.92 Å². The van der Waals surface area contributed by atoms with E-state index in [2.05, 4.69) is 27.1 Å². The van der Waals surface area contributed by atoms with E-state index in [-0.39, 0.29) is 0 Å². The summed E-state index contributed by atoms with van der Waals surface area (Å²) in [6, 6.07) is 2.81. The molecule has 1 aliphatic heterocycles. The largest absolute Gasteiger partial charge is 0.370 e. The predicted molar refractivity (Wildman–Crippen MR) is 72.5 cm³/mol. The van der Waals surface area contributed by atoms with E-state index in [1.165, 1.54) is 25.8 Å². The van der Waals surface area contributed by atoms with Crippen molar-refractivity contribution in [3.8, 4) is 0 Å². The zero-order valence-electron chi connectivity index (χ0n) is 11.3. The molecular formula is C14H22N4. The SMILES string of the molecule is CCNc1cc(C)nc(CN2CC3CCC2C3)n1. The number of anilines is 1. The van der Waals surface area contributed by atoms with Crippen molar-refractivity contribution in [1.82, 2.24) is 14.9 Å². The first kappa shape index (κ1) is 11.9. The van der Waals surface area contributed by atoms with Crippen LogP contribution in [0.3, 0.4) is 0 Å². The summed E-state index contributed by atoms with van der Waals surface area (Å²) >= 11 is 0. The number of fused-ring (bicyclic) bond motifs is 2. The summed E-state index contributed by atoms with van der Waals surface area (Å²) in [6.45, 7) is 7.21. The smallest absolute Gasteiger partial charge is 0.144 e. The lowest BCUT2D eigenvalue weighted by molar-refractivity contribution is 0.200. The summed E-state index contributed by atoms with van der Waals surface area (Å²) in [4.78, 5) is 11.7.